The van der Waals surface area contributed by atoms with Crippen molar-refractivity contribution in [3.05, 3.63) is 28.7 Å². The molecule has 0 saturated heterocycles. The second kappa shape index (κ2) is 5.61. The van der Waals surface area contributed by atoms with E-state index in [9.17, 15) is 14.7 Å². The van der Waals surface area contributed by atoms with E-state index < -0.39 is 11.4 Å². The first-order valence-corrected chi connectivity index (χ1v) is 7.59. The summed E-state index contributed by atoms with van der Waals surface area (Å²) in [5.41, 5.74) is 0.818. The molecule has 0 aliphatic heterocycles. The number of nitrogens with one attached hydrogen (secondary N) is 1. The maximum atomic E-state index is 12.1. The van der Waals surface area contributed by atoms with Crippen LogP contribution in [-0.2, 0) is 11.8 Å². The fraction of sp³-hybridized carbons (Fsp3) is 0.500. The van der Waals surface area contributed by atoms with E-state index >= 15 is 0 Å². The van der Waals surface area contributed by atoms with E-state index in [1.807, 2.05) is 0 Å². The Morgan fingerprint density at radius 3 is 2.82 bits per heavy atom. The van der Waals surface area contributed by atoms with Gasteiger partial charge in [-0.15, -0.1) is 0 Å². The predicted octanol–water partition coefficient (Wildman–Crippen LogP) is 2.16. The number of nitrogens with zero attached hydrogens (tertiary/aromatic N) is 1. The summed E-state index contributed by atoms with van der Waals surface area (Å²) in [6, 6.07) is 5.04. The fourth-order valence-corrected chi connectivity index (χ4v) is 3.10. The maximum absolute atomic E-state index is 12.1. The van der Waals surface area contributed by atoms with Crippen molar-refractivity contribution in [1.29, 1.82) is 0 Å². The van der Waals surface area contributed by atoms with Crippen molar-refractivity contribution >= 4 is 22.7 Å². The second-order valence-corrected chi connectivity index (χ2v) is 6.12. The predicted molar refractivity (Wildman–Crippen MR) is 82.7 cm³/mol. The molecule has 0 bridgehead atoms. The number of aryl methyl sites for hydroxylation is 1. The quantitative estimate of drug-likeness (QED) is 0.910. The van der Waals surface area contributed by atoms with Crippen molar-refractivity contribution in [3.63, 3.8) is 0 Å². The van der Waals surface area contributed by atoms with E-state index in [1.54, 1.807) is 25.2 Å². The highest BCUT2D eigenvalue weighted by molar-refractivity contribution is 5.93. The molecule has 0 radical (unpaired) electrons. The topological polar surface area (TPSA) is 84.5 Å². The summed E-state index contributed by atoms with van der Waals surface area (Å²) >= 11 is 0. The van der Waals surface area contributed by atoms with E-state index in [1.165, 1.54) is 4.57 Å². The van der Waals surface area contributed by atoms with E-state index in [4.69, 9.17) is 4.42 Å². The minimum absolute atomic E-state index is 0.107. The van der Waals surface area contributed by atoms with Gasteiger partial charge >= 0.3 is 5.76 Å². The Balaban J connectivity index is 1.73. The van der Waals surface area contributed by atoms with Crippen LogP contribution in [-0.4, -0.2) is 21.2 Å². The molecule has 0 atom stereocenters. The fourth-order valence-electron chi connectivity index (χ4n) is 3.10. The van der Waals surface area contributed by atoms with Gasteiger partial charge in [-0.25, -0.2) is 4.79 Å². The molecular weight excluding hydrogens is 284 g/mol. The van der Waals surface area contributed by atoms with Gasteiger partial charge in [0.25, 0.3) is 0 Å². The number of amides is 1. The van der Waals surface area contributed by atoms with Gasteiger partial charge in [0.1, 0.15) is 0 Å². The Labute approximate surface area is 127 Å². The minimum Gasteiger partial charge on any atom is -0.408 e. The lowest BCUT2D eigenvalue weighted by molar-refractivity contribution is -0.122. The average Bonchev–Trinajstić information content (AvgIpc) is 2.74. The minimum atomic E-state index is -0.880. The summed E-state index contributed by atoms with van der Waals surface area (Å²) in [5, 5.41) is 13.2. The summed E-state index contributed by atoms with van der Waals surface area (Å²) in [4.78, 5) is 23.6. The molecular formula is C16H20N2O4. The maximum Gasteiger partial charge on any atom is 0.419 e. The zero-order valence-corrected chi connectivity index (χ0v) is 12.6. The highest BCUT2D eigenvalue weighted by atomic mass is 16.4. The summed E-state index contributed by atoms with van der Waals surface area (Å²) in [6.07, 6.45) is 4.51. The van der Waals surface area contributed by atoms with Crippen LogP contribution in [0.5, 0.6) is 0 Å². The van der Waals surface area contributed by atoms with E-state index in [2.05, 4.69) is 5.32 Å². The molecule has 1 heterocycles. The molecule has 1 fully saturated rings. The molecule has 2 aromatic rings. The number of benzene rings is 1. The number of carbonyl (C=O) groups is 1. The van der Waals surface area contributed by atoms with Gasteiger partial charge in [-0.05, 0) is 31.0 Å². The van der Waals surface area contributed by atoms with Gasteiger partial charge in [0.05, 0.1) is 17.5 Å². The smallest absolute Gasteiger partial charge is 0.408 e. The van der Waals surface area contributed by atoms with E-state index in [0.29, 0.717) is 29.6 Å². The van der Waals surface area contributed by atoms with Gasteiger partial charge in [0.15, 0.2) is 5.58 Å². The molecule has 1 aliphatic rings. The Morgan fingerprint density at radius 2 is 2.09 bits per heavy atom. The Morgan fingerprint density at radius 1 is 1.36 bits per heavy atom. The van der Waals surface area contributed by atoms with Crippen LogP contribution in [0.3, 0.4) is 0 Å². The zero-order valence-electron chi connectivity index (χ0n) is 12.6. The molecule has 1 aliphatic carbocycles. The van der Waals surface area contributed by atoms with E-state index in [0.717, 1.165) is 19.3 Å². The van der Waals surface area contributed by atoms with Crippen LogP contribution in [0.25, 0.3) is 11.1 Å². The molecule has 2 N–H and O–H groups in total. The van der Waals surface area contributed by atoms with Gasteiger partial charge in [-0.1, -0.05) is 19.3 Å². The summed E-state index contributed by atoms with van der Waals surface area (Å²) in [5.74, 6) is -0.646. The number of aromatic nitrogens is 1. The van der Waals surface area contributed by atoms with Gasteiger partial charge in [0, 0.05) is 12.7 Å². The lowest BCUT2D eigenvalue weighted by Crippen LogP contribution is -2.35. The highest BCUT2D eigenvalue weighted by Gasteiger charge is 2.31. The molecule has 22 heavy (non-hydrogen) atoms. The largest absolute Gasteiger partial charge is 0.419 e. The van der Waals surface area contributed by atoms with Crippen molar-refractivity contribution in [2.75, 3.05) is 5.32 Å². The summed E-state index contributed by atoms with van der Waals surface area (Å²) in [7, 11) is 1.62. The normalized spacial score (nSPS) is 17.5. The summed E-state index contributed by atoms with van der Waals surface area (Å²) in [6.45, 7) is 0. The third-order valence-electron chi connectivity index (χ3n) is 4.35. The number of fused-ring (bicyclic) bond motifs is 1. The molecule has 6 nitrogen and oxygen atoms in total. The first-order valence-electron chi connectivity index (χ1n) is 7.59. The van der Waals surface area contributed by atoms with Crippen molar-refractivity contribution in [1.82, 2.24) is 4.57 Å². The molecule has 0 spiro atoms. The van der Waals surface area contributed by atoms with Gasteiger partial charge in [-0.2, -0.15) is 0 Å². The molecule has 1 saturated carbocycles. The van der Waals surface area contributed by atoms with Crippen LogP contribution in [0.2, 0.25) is 0 Å². The third kappa shape index (κ3) is 2.92. The zero-order chi connectivity index (χ0) is 15.7. The van der Waals surface area contributed by atoms with Gasteiger partial charge < -0.3 is 14.8 Å². The van der Waals surface area contributed by atoms with Crippen LogP contribution in [0, 0.1) is 0 Å². The molecule has 118 valence electrons. The molecule has 1 aromatic carbocycles. The molecule has 0 unspecified atom stereocenters. The molecule has 6 heteroatoms. The van der Waals surface area contributed by atoms with Crippen LogP contribution in [0.15, 0.2) is 27.4 Å². The number of rotatable bonds is 3. The molecule has 1 amide bonds. The Kier molecular flexibility index (Phi) is 3.78. The Bertz CT molecular complexity index is 753. The number of hydrogen-bond donors (Lipinski definition) is 2. The van der Waals surface area contributed by atoms with E-state index in [-0.39, 0.29) is 12.3 Å². The van der Waals surface area contributed by atoms with Crippen molar-refractivity contribution in [2.24, 2.45) is 7.05 Å². The number of carbonyl (C=O) groups excluding carboxylic acids is 1. The third-order valence-corrected chi connectivity index (χ3v) is 4.35. The number of hydrogen-bond acceptors (Lipinski definition) is 4. The number of aliphatic hydroxyl groups is 1. The van der Waals surface area contributed by atoms with Crippen LogP contribution >= 0.6 is 0 Å². The first-order chi connectivity index (χ1) is 10.5. The number of anilines is 1. The Hall–Kier alpha value is -2.08. The van der Waals surface area contributed by atoms with Gasteiger partial charge in [-0.3, -0.25) is 9.36 Å². The number of oxazole rings is 1. The average molecular weight is 304 g/mol. The monoisotopic (exact) mass is 304 g/mol. The summed E-state index contributed by atoms with van der Waals surface area (Å²) < 4.78 is 6.44. The van der Waals surface area contributed by atoms with Gasteiger partial charge in [0.2, 0.25) is 5.91 Å². The second-order valence-electron chi connectivity index (χ2n) is 6.12. The molecule has 1 aromatic heterocycles. The van der Waals surface area contributed by atoms with Crippen LogP contribution in [0.1, 0.15) is 38.5 Å². The SMILES string of the molecule is Cn1c(=O)oc2ccc(NC(=O)CC3(O)CCCCC3)cc21. The van der Waals surface area contributed by atoms with Crippen molar-refractivity contribution in [3.8, 4) is 0 Å². The van der Waals surface area contributed by atoms with Crippen LogP contribution < -0.4 is 11.1 Å². The lowest BCUT2D eigenvalue weighted by Gasteiger charge is -2.31. The highest BCUT2D eigenvalue weighted by Crippen LogP contribution is 2.31. The lowest BCUT2D eigenvalue weighted by atomic mass is 9.82. The van der Waals surface area contributed by atoms with Crippen molar-refractivity contribution < 1.29 is 14.3 Å². The first kappa shape index (κ1) is 14.8. The molecule has 3 rings (SSSR count). The van der Waals surface area contributed by atoms with Crippen molar-refractivity contribution in [2.45, 2.75) is 44.1 Å². The standard InChI is InChI=1S/C16H20N2O4/c1-18-12-9-11(5-6-13(12)22-15(18)20)17-14(19)10-16(21)7-3-2-4-8-16/h5-6,9,21H,2-4,7-8,10H2,1H3,(H,17,19). The van der Waals surface area contributed by atoms with Crippen LogP contribution in [0.4, 0.5) is 5.69 Å².